The molecule has 0 fully saturated rings. The average molecular weight is 395 g/mol. The number of aryl methyl sites for hydroxylation is 3. The third-order valence-corrected chi connectivity index (χ3v) is 5.66. The van der Waals surface area contributed by atoms with Crippen LogP contribution >= 0.6 is 0 Å². The van der Waals surface area contributed by atoms with Crippen molar-refractivity contribution < 1.29 is 14.3 Å². The topological polar surface area (TPSA) is 58.6 Å². The third kappa shape index (κ3) is 5.24. The third-order valence-electron chi connectivity index (χ3n) is 5.66. The highest BCUT2D eigenvalue weighted by atomic mass is 16.5. The van der Waals surface area contributed by atoms with E-state index in [4.69, 9.17) is 4.74 Å². The Balaban J connectivity index is 1.74. The molecule has 5 heteroatoms. The van der Waals surface area contributed by atoms with E-state index < -0.39 is 0 Å². The summed E-state index contributed by atoms with van der Waals surface area (Å²) in [6.07, 6.45) is 4.46. The largest absolute Gasteiger partial charge is 0.383 e. The van der Waals surface area contributed by atoms with Crippen LogP contribution in [0.5, 0.6) is 0 Å². The van der Waals surface area contributed by atoms with Gasteiger partial charge in [-0.3, -0.25) is 9.59 Å². The lowest BCUT2D eigenvalue weighted by Crippen LogP contribution is -2.40. The number of nitrogens with one attached hydrogen (secondary N) is 1. The molecule has 0 unspecified atom stereocenters. The highest BCUT2D eigenvalue weighted by molar-refractivity contribution is 5.99. The smallest absolute Gasteiger partial charge is 0.254 e. The lowest BCUT2D eigenvalue weighted by atomic mass is 9.90. The Kier molecular flexibility index (Phi) is 7.04. The highest BCUT2D eigenvalue weighted by Crippen LogP contribution is 2.23. The summed E-state index contributed by atoms with van der Waals surface area (Å²) in [5.74, 6) is -0.340. The molecule has 0 aromatic heterocycles. The summed E-state index contributed by atoms with van der Waals surface area (Å²) in [6.45, 7) is 4.73. The Morgan fingerprint density at radius 2 is 1.83 bits per heavy atom. The van der Waals surface area contributed by atoms with Gasteiger partial charge in [-0.15, -0.1) is 0 Å². The number of rotatable bonds is 7. The molecule has 5 nitrogen and oxygen atoms in total. The molecule has 154 valence electrons. The number of benzene rings is 2. The van der Waals surface area contributed by atoms with Gasteiger partial charge in [0.15, 0.2) is 0 Å². The first-order valence-electron chi connectivity index (χ1n) is 10.3. The molecular weight excluding hydrogens is 364 g/mol. The quantitative estimate of drug-likeness (QED) is 0.775. The number of hydrogen-bond acceptors (Lipinski definition) is 3. The fourth-order valence-electron chi connectivity index (χ4n) is 3.75. The molecule has 0 spiro atoms. The number of amides is 2. The van der Waals surface area contributed by atoms with Gasteiger partial charge in [-0.25, -0.2) is 0 Å². The number of fused-ring (bicyclic) bond motifs is 1. The van der Waals surface area contributed by atoms with Crippen LogP contribution in [-0.4, -0.2) is 43.5 Å². The summed E-state index contributed by atoms with van der Waals surface area (Å²) in [7, 11) is 1.59. The van der Waals surface area contributed by atoms with Crippen molar-refractivity contribution in [1.29, 1.82) is 0 Å². The van der Waals surface area contributed by atoms with Gasteiger partial charge < -0.3 is 15.0 Å². The van der Waals surface area contributed by atoms with E-state index in [1.54, 1.807) is 12.0 Å². The van der Waals surface area contributed by atoms with Gasteiger partial charge in [0.25, 0.3) is 5.91 Å². The summed E-state index contributed by atoms with van der Waals surface area (Å²) in [4.78, 5) is 27.4. The second-order valence-corrected chi connectivity index (χ2v) is 7.71. The van der Waals surface area contributed by atoms with Crippen molar-refractivity contribution in [1.82, 2.24) is 4.90 Å². The van der Waals surface area contributed by atoms with Gasteiger partial charge >= 0.3 is 0 Å². The molecule has 1 aliphatic rings. The normalized spacial score (nSPS) is 12.9. The molecule has 29 heavy (non-hydrogen) atoms. The summed E-state index contributed by atoms with van der Waals surface area (Å²) in [5.41, 5.74) is 6.16. The predicted molar refractivity (Wildman–Crippen MR) is 115 cm³/mol. The first-order valence-corrected chi connectivity index (χ1v) is 10.3. The minimum absolute atomic E-state index is 0.00728. The standard InChI is InChI=1S/C24H30N2O3/c1-17-7-6-10-22(18(17)2)25-23(27)16-26(13-14-29-3)24(28)21-12-11-19-8-4-5-9-20(19)15-21/h6-7,10-12,15H,4-5,8-9,13-14,16H2,1-3H3,(H,25,27). The Morgan fingerprint density at radius 1 is 1.07 bits per heavy atom. The van der Waals surface area contributed by atoms with Crippen LogP contribution in [0.15, 0.2) is 36.4 Å². The molecule has 0 radical (unpaired) electrons. The number of hydrogen-bond donors (Lipinski definition) is 1. The lowest BCUT2D eigenvalue weighted by Gasteiger charge is -2.23. The van der Waals surface area contributed by atoms with Gasteiger partial charge in [-0.2, -0.15) is 0 Å². The Bertz CT molecular complexity index is 892. The van der Waals surface area contributed by atoms with Gasteiger partial charge in [0.05, 0.1) is 6.61 Å². The molecule has 0 aliphatic heterocycles. The first-order chi connectivity index (χ1) is 14.0. The molecule has 0 saturated carbocycles. The van der Waals surface area contributed by atoms with Gasteiger partial charge in [0, 0.05) is 24.9 Å². The van der Waals surface area contributed by atoms with E-state index in [1.807, 2.05) is 44.2 Å². The number of anilines is 1. The minimum atomic E-state index is -0.207. The Labute approximate surface area is 173 Å². The van der Waals surface area contributed by atoms with Crippen molar-refractivity contribution in [3.63, 3.8) is 0 Å². The van der Waals surface area contributed by atoms with Crippen molar-refractivity contribution in [2.45, 2.75) is 39.5 Å². The van der Waals surface area contributed by atoms with E-state index in [-0.39, 0.29) is 18.4 Å². The van der Waals surface area contributed by atoms with E-state index >= 15 is 0 Å². The maximum Gasteiger partial charge on any atom is 0.254 e. The molecule has 0 atom stereocenters. The van der Waals surface area contributed by atoms with Crippen LogP contribution in [0.2, 0.25) is 0 Å². The summed E-state index contributed by atoms with van der Waals surface area (Å²) >= 11 is 0. The van der Waals surface area contributed by atoms with Crippen LogP contribution in [0, 0.1) is 13.8 Å². The molecule has 2 amide bonds. The molecule has 2 aromatic carbocycles. The van der Waals surface area contributed by atoms with Crippen molar-refractivity contribution in [2.75, 3.05) is 32.1 Å². The van der Waals surface area contributed by atoms with E-state index in [2.05, 4.69) is 11.4 Å². The van der Waals surface area contributed by atoms with E-state index in [1.165, 1.54) is 17.5 Å². The van der Waals surface area contributed by atoms with Crippen LogP contribution in [0.4, 0.5) is 5.69 Å². The average Bonchev–Trinajstić information content (AvgIpc) is 2.73. The maximum absolute atomic E-state index is 13.1. The van der Waals surface area contributed by atoms with Crippen molar-refractivity contribution in [2.24, 2.45) is 0 Å². The summed E-state index contributed by atoms with van der Waals surface area (Å²) in [6, 6.07) is 11.7. The lowest BCUT2D eigenvalue weighted by molar-refractivity contribution is -0.117. The molecule has 2 aromatic rings. The van der Waals surface area contributed by atoms with Crippen LogP contribution < -0.4 is 5.32 Å². The predicted octanol–water partition coefficient (Wildman–Crippen LogP) is 3.91. The number of carbonyl (C=O) groups is 2. The van der Waals surface area contributed by atoms with Crippen LogP contribution in [0.3, 0.4) is 0 Å². The first kappa shape index (κ1) is 21.1. The summed E-state index contributed by atoms with van der Waals surface area (Å²) < 4.78 is 5.16. The second kappa shape index (κ2) is 9.70. The molecule has 1 aliphatic carbocycles. The number of nitrogens with zero attached hydrogens (tertiary/aromatic N) is 1. The Morgan fingerprint density at radius 3 is 2.59 bits per heavy atom. The van der Waals surface area contributed by atoms with E-state index in [0.717, 1.165) is 36.1 Å². The zero-order valence-electron chi connectivity index (χ0n) is 17.6. The number of ether oxygens (including phenoxy) is 1. The second-order valence-electron chi connectivity index (χ2n) is 7.71. The monoisotopic (exact) mass is 394 g/mol. The van der Waals surface area contributed by atoms with Gasteiger partial charge in [0.1, 0.15) is 6.54 Å². The van der Waals surface area contributed by atoms with Gasteiger partial charge in [-0.05, 0) is 80.0 Å². The maximum atomic E-state index is 13.1. The van der Waals surface area contributed by atoms with Crippen molar-refractivity contribution in [3.05, 3.63) is 64.2 Å². The molecule has 1 N–H and O–H groups in total. The SMILES string of the molecule is COCCN(CC(=O)Nc1cccc(C)c1C)C(=O)c1ccc2c(c1)CCCC2. The fourth-order valence-corrected chi connectivity index (χ4v) is 3.75. The zero-order chi connectivity index (χ0) is 20.8. The molecular formula is C24H30N2O3. The van der Waals surface area contributed by atoms with Gasteiger partial charge in [-0.1, -0.05) is 18.2 Å². The Hall–Kier alpha value is -2.66. The number of methoxy groups -OCH3 is 1. The van der Waals surface area contributed by atoms with E-state index in [0.29, 0.717) is 18.7 Å². The molecule has 0 heterocycles. The van der Waals surface area contributed by atoms with Crippen molar-refractivity contribution >= 4 is 17.5 Å². The van der Waals surface area contributed by atoms with Crippen LogP contribution in [0.1, 0.15) is 45.5 Å². The van der Waals surface area contributed by atoms with Crippen LogP contribution in [0.25, 0.3) is 0 Å². The van der Waals surface area contributed by atoms with Crippen molar-refractivity contribution in [3.8, 4) is 0 Å². The van der Waals surface area contributed by atoms with Crippen LogP contribution in [-0.2, 0) is 22.4 Å². The minimum Gasteiger partial charge on any atom is -0.383 e. The number of carbonyl (C=O) groups excluding carboxylic acids is 2. The fraction of sp³-hybridized carbons (Fsp3) is 0.417. The molecule has 0 bridgehead atoms. The summed E-state index contributed by atoms with van der Waals surface area (Å²) in [5, 5.41) is 2.94. The molecule has 3 rings (SSSR count). The van der Waals surface area contributed by atoms with Gasteiger partial charge in [0.2, 0.25) is 5.91 Å². The van der Waals surface area contributed by atoms with E-state index in [9.17, 15) is 9.59 Å². The molecule has 0 saturated heterocycles. The zero-order valence-corrected chi connectivity index (χ0v) is 17.6. The highest BCUT2D eigenvalue weighted by Gasteiger charge is 2.21.